The molecule has 1 aliphatic heterocycles. The van der Waals surface area contributed by atoms with Crippen LogP contribution >= 0.6 is 11.6 Å². The molecule has 52 valence electrons. The minimum absolute atomic E-state index is 0.339. The first-order valence-corrected chi connectivity index (χ1v) is 3.74. The summed E-state index contributed by atoms with van der Waals surface area (Å²) in [5.41, 5.74) is 0. The lowest BCUT2D eigenvalue weighted by Crippen LogP contribution is -1.93. The van der Waals surface area contributed by atoms with Crippen LogP contribution in [-0.2, 0) is 4.74 Å². The average Bonchev–Trinajstić information content (AvgIpc) is 2.62. The van der Waals surface area contributed by atoms with Crippen LogP contribution in [0.25, 0.3) is 0 Å². The van der Waals surface area contributed by atoms with E-state index >= 15 is 0 Å². The fraction of sp³-hybridized carbons (Fsp3) is 0.714. The summed E-state index contributed by atoms with van der Waals surface area (Å²) in [5.74, 6) is 0.641. The lowest BCUT2D eigenvalue weighted by molar-refractivity contribution is 0.372. The Balaban J connectivity index is 1.98. The predicted octanol–water partition coefficient (Wildman–Crippen LogP) is 1.96. The fourth-order valence-electron chi connectivity index (χ4n) is 0.851. The van der Waals surface area contributed by atoms with Crippen LogP contribution in [0.2, 0.25) is 0 Å². The van der Waals surface area contributed by atoms with Crippen molar-refractivity contribution in [3.05, 3.63) is 12.7 Å². The minimum Gasteiger partial charge on any atom is -0.368 e. The molecule has 1 saturated heterocycles. The molecule has 1 fully saturated rings. The molecule has 0 aromatic heterocycles. The number of ether oxygens (including phenoxy) is 1. The van der Waals surface area contributed by atoms with E-state index in [1.54, 1.807) is 0 Å². The molecule has 1 rings (SSSR count). The van der Waals surface area contributed by atoms with Crippen LogP contribution in [0.15, 0.2) is 12.7 Å². The maximum Gasteiger partial charge on any atom is 0.0976 e. The Hall–Kier alpha value is -0.0100. The Bertz CT molecular complexity index is 103. The van der Waals surface area contributed by atoms with E-state index in [0.29, 0.717) is 18.1 Å². The molecule has 0 N–H and O–H groups in total. The normalized spacial score (nSPS) is 32.1. The Labute approximate surface area is 60.7 Å². The van der Waals surface area contributed by atoms with E-state index in [9.17, 15) is 0 Å². The first-order chi connectivity index (χ1) is 4.38. The Kier molecular flexibility index (Phi) is 2.55. The van der Waals surface area contributed by atoms with Crippen LogP contribution in [-0.4, -0.2) is 18.1 Å². The standard InChI is InChI=1S/C7H11ClO/c1-2-3-4-6-7(5-8)9-6/h2,6-7H,1,3-5H2. The molecule has 2 unspecified atom stereocenters. The van der Waals surface area contributed by atoms with E-state index in [1.807, 2.05) is 6.08 Å². The minimum atomic E-state index is 0.339. The van der Waals surface area contributed by atoms with Crippen LogP contribution in [0, 0.1) is 0 Å². The van der Waals surface area contributed by atoms with Crippen LogP contribution in [0.3, 0.4) is 0 Å². The molecule has 1 nitrogen and oxygen atoms in total. The highest BCUT2D eigenvalue weighted by atomic mass is 35.5. The van der Waals surface area contributed by atoms with E-state index in [4.69, 9.17) is 16.3 Å². The zero-order valence-corrected chi connectivity index (χ0v) is 6.10. The van der Waals surface area contributed by atoms with Crippen molar-refractivity contribution in [1.29, 1.82) is 0 Å². The van der Waals surface area contributed by atoms with Gasteiger partial charge < -0.3 is 4.74 Å². The highest BCUT2D eigenvalue weighted by Gasteiger charge is 2.36. The second kappa shape index (κ2) is 3.23. The van der Waals surface area contributed by atoms with Gasteiger partial charge >= 0.3 is 0 Å². The lowest BCUT2D eigenvalue weighted by atomic mass is 10.2. The molecular weight excluding hydrogens is 136 g/mol. The van der Waals surface area contributed by atoms with E-state index in [0.717, 1.165) is 12.8 Å². The van der Waals surface area contributed by atoms with Crippen LogP contribution in [0.5, 0.6) is 0 Å². The van der Waals surface area contributed by atoms with Crippen molar-refractivity contribution in [1.82, 2.24) is 0 Å². The molecule has 0 aliphatic carbocycles. The van der Waals surface area contributed by atoms with Gasteiger partial charge in [-0.15, -0.1) is 18.2 Å². The van der Waals surface area contributed by atoms with Crippen molar-refractivity contribution in [3.63, 3.8) is 0 Å². The lowest BCUT2D eigenvalue weighted by Gasteiger charge is -1.85. The van der Waals surface area contributed by atoms with Gasteiger partial charge in [0.25, 0.3) is 0 Å². The second-order valence-corrected chi connectivity index (χ2v) is 2.54. The van der Waals surface area contributed by atoms with Crippen molar-refractivity contribution in [3.8, 4) is 0 Å². The highest BCUT2D eigenvalue weighted by Crippen LogP contribution is 2.27. The van der Waals surface area contributed by atoms with Gasteiger partial charge in [-0.2, -0.15) is 0 Å². The Morgan fingerprint density at radius 3 is 2.78 bits per heavy atom. The molecule has 0 aromatic carbocycles. The van der Waals surface area contributed by atoms with Crippen molar-refractivity contribution in [2.75, 3.05) is 5.88 Å². The molecule has 0 bridgehead atoms. The second-order valence-electron chi connectivity index (χ2n) is 2.23. The number of alkyl halides is 1. The summed E-state index contributed by atoms with van der Waals surface area (Å²) < 4.78 is 5.19. The highest BCUT2D eigenvalue weighted by molar-refractivity contribution is 6.18. The predicted molar refractivity (Wildman–Crippen MR) is 38.8 cm³/mol. The third-order valence-corrected chi connectivity index (χ3v) is 1.80. The first-order valence-electron chi connectivity index (χ1n) is 3.20. The summed E-state index contributed by atoms with van der Waals surface area (Å²) in [5, 5.41) is 0. The van der Waals surface area contributed by atoms with Gasteiger partial charge in [-0.25, -0.2) is 0 Å². The first kappa shape index (κ1) is 7.10. The molecule has 1 heterocycles. The smallest absolute Gasteiger partial charge is 0.0976 e. The molecule has 2 heteroatoms. The largest absolute Gasteiger partial charge is 0.368 e. The number of epoxide rings is 1. The van der Waals surface area contributed by atoms with E-state index < -0.39 is 0 Å². The molecule has 2 atom stereocenters. The maximum atomic E-state index is 5.52. The number of rotatable bonds is 4. The molecule has 0 amide bonds. The van der Waals surface area contributed by atoms with Gasteiger partial charge in [0.1, 0.15) is 0 Å². The van der Waals surface area contributed by atoms with E-state index in [1.165, 1.54) is 0 Å². The Morgan fingerprint density at radius 1 is 1.56 bits per heavy atom. The molecule has 0 aromatic rings. The SMILES string of the molecule is C=CCCC1OC1CCl. The molecule has 0 spiro atoms. The average molecular weight is 147 g/mol. The van der Waals surface area contributed by atoms with Gasteiger partial charge in [-0.1, -0.05) is 6.08 Å². The molecular formula is C7H11ClO. The summed E-state index contributed by atoms with van der Waals surface area (Å²) in [6, 6.07) is 0. The zero-order valence-electron chi connectivity index (χ0n) is 5.35. The molecule has 9 heavy (non-hydrogen) atoms. The number of hydrogen-bond donors (Lipinski definition) is 0. The summed E-state index contributed by atoms with van der Waals surface area (Å²) in [4.78, 5) is 0. The monoisotopic (exact) mass is 146 g/mol. The number of hydrogen-bond acceptors (Lipinski definition) is 1. The summed E-state index contributed by atoms with van der Waals surface area (Å²) in [6.45, 7) is 3.62. The van der Waals surface area contributed by atoms with Crippen molar-refractivity contribution >= 4 is 11.6 Å². The third-order valence-electron chi connectivity index (χ3n) is 1.50. The summed E-state index contributed by atoms with van der Waals surface area (Å²) in [7, 11) is 0. The number of allylic oxidation sites excluding steroid dienone is 1. The third kappa shape index (κ3) is 1.99. The van der Waals surface area contributed by atoms with Crippen molar-refractivity contribution < 1.29 is 4.74 Å². The zero-order chi connectivity index (χ0) is 6.69. The van der Waals surface area contributed by atoms with Gasteiger partial charge in [-0.05, 0) is 12.8 Å². The van der Waals surface area contributed by atoms with Crippen LogP contribution in [0.1, 0.15) is 12.8 Å². The van der Waals surface area contributed by atoms with Crippen LogP contribution < -0.4 is 0 Å². The summed E-state index contributed by atoms with van der Waals surface area (Å²) >= 11 is 5.52. The van der Waals surface area contributed by atoms with Crippen molar-refractivity contribution in [2.45, 2.75) is 25.0 Å². The van der Waals surface area contributed by atoms with E-state index in [-0.39, 0.29) is 0 Å². The topological polar surface area (TPSA) is 12.5 Å². The van der Waals surface area contributed by atoms with Crippen LogP contribution in [0.4, 0.5) is 0 Å². The van der Waals surface area contributed by atoms with Gasteiger partial charge in [-0.3, -0.25) is 0 Å². The quantitative estimate of drug-likeness (QED) is 0.336. The summed E-state index contributed by atoms with van der Waals surface area (Å²) in [6.07, 6.45) is 4.80. The Morgan fingerprint density at radius 2 is 2.33 bits per heavy atom. The number of halogens is 1. The van der Waals surface area contributed by atoms with Gasteiger partial charge in [0.05, 0.1) is 18.1 Å². The van der Waals surface area contributed by atoms with Gasteiger partial charge in [0.2, 0.25) is 0 Å². The maximum absolute atomic E-state index is 5.52. The van der Waals surface area contributed by atoms with E-state index in [2.05, 4.69) is 6.58 Å². The van der Waals surface area contributed by atoms with Crippen molar-refractivity contribution in [2.24, 2.45) is 0 Å². The molecule has 1 aliphatic rings. The molecule has 0 radical (unpaired) electrons. The molecule has 0 saturated carbocycles. The van der Waals surface area contributed by atoms with Gasteiger partial charge in [0.15, 0.2) is 0 Å². The van der Waals surface area contributed by atoms with Gasteiger partial charge in [0, 0.05) is 0 Å². The fourth-order valence-corrected chi connectivity index (χ4v) is 1.12.